The van der Waals surface area contributed by atoms with Crippen molar-refractivity contribution in [3.8, 4) is 11.8 Å². The summed E-state index contributed by atoms with van der Waals surface area (Å²) in [6.07, 6.45) is 0. The molecule has 0 aliphatic carbocycles. The van der Waals surface area contributed by atoms with E-state index in [1.165, 1.54) is 0 Å². The normalized spacial score (nSPS) is 11.6. The summed E-state index contributed by atoms with van der Waals surface area (Å²) in [5.74, 6) is 0.215. The van der Waals surface area contributed by atoms with Crippen molar-refractivity contribution in [3.63, 3.8) is 0 Å². The second-order valence-corrected chi connectivity index (χ2v) is 12.6. The van der Waals surface area contributed by atoms with Crippen LogP contribution < -0.4 is 30.3 Å². The fourth-order valence-electron chi connectivity index (χ4n) is 3.77. The van der Waals surface area contributed by atoms with Gasteiger partial charge in [-0.25, -0.2) is 0 Å². The summed E-state index contributed by atoms with van der Waals surface area (Å²) >= 11 is 0. The standard InChI is InChI=1S/C29H23NO4P2/c31-35(24-14-5-1-6-15-24,25-16-7-2-8-17-25)33-28-22-13-23-29(30-28)34-36(32,26-18-9-3-10-19-26)27-20-11-4-12-21-27/h1-23H. The number of aromatic nitrogens is 1. The molecule has 5 nitrogen and oxygen atoms in total. The first kappa shape index (κ1) is 23.8. The molecule has 0 spiro atoms. The largest absolute Gasteiger partial charge is 0.418 e. The van der Waals surface area contributed by atoms with Crippen LogP contribution in [0.15, 0.2) is 140 Å². The van der Waals surface area contributed by atoms with Gasteiger partial charge >= 0.3 is 14.7 Å². The topological polar surface area (TPSA) is 65.5 Å². The van der Waals surface area contributed by atoms with Crippen molar-refractivity contribution in [2.24, 2.45) is 0 Å². The van der Waals surface area contributed by atoms with Gasteiger partial charge in [-0.1, -0.05) is 78.9 Å². The summed E-state index contributed by atoms with van der Waals surface area (Å²) in [5.41, 5.74) is 0. The van der Waals surface area contributed by atoms with Gasteiger partial charge in [0, 0.05) is 12.1 Å². The minimum absolute atomic E-state index is 0.108. The van der Waals surface area contributed by atoms with Crippen LogP contribution in [0.2, 0.25) is 0 Å². The van der Waals surface area contributed by atoms with Crippen molar-refractivity contribution in [1.29, 1.82) is 0 Å². The Morgan fingerprint density at radius 3 is 0.944 bits per heavy atom. The van der Waals surface area contributed by atoms with Gasteiger partial charge in [0.15, 0.2) is 0 Å². The molecular weight excluding hydrogens is 488 g/mol. The Labute approximate surface area is 210 Å². The Bertz CT molecular complexity index is 1330. The van der Waals surface area contributed by atoms with Gasteiger partial charge in [-0.05, 0) is 48.5 Å². The summed E-state index contributed by atoms with van der Waals surface area (Å²) in [5, 5.41) is 2.18. The first-order valence-electron chi connectivity index (χ1n) is 11.4. The number of benzene rings is 4. The van der Waals surface area contributed by atoms with Crippen molar-refractivity contribution in [2.75, 3.05) is 0 Å². The molecule has 1 aromatic heterocycles. The molecule has 0 unspecified atom stereocenters. The summed E-state index contributed by atoms with van der Waals surface area (Å²) in [6, 6.07) is 41.0. The molecule has 0 N–H and O–H groups in total. The highest BCUT2D eigenvalue weighted by molar-refractivity contribution is 7.75. The zero-order valence-corrected chi connectivity index (χ0v) is 21.0. The van der Waals surface area contributed by atoms with Crippen LogP contribution >= 0.6 is 14.7 Å². The van der Waals surface area contributed by atoms with Crippen LogP contribution in [-0.2, 0) is 9.13 Å². The molecule has 5 rings (SSSR count). The first-order valence-corrected chi connectivity index (χ1v) is 14.6. The van der Waals surface area contributed by atoms with E-state index in [1.807, 2.05) is 72.8 Å². The highest BCUT2D eigenvalue weighted by Gasteiger charge is 2.32. The lowest BCUT2D eigenvalue weighted by molar-refractivity contribution is 0.471. The zero-order valence-electron chi connectivity index (χ0n) is 19.3. The van der Waals surface area contributed by atoms with E-state index in [0.717, 1.165) is 0 Å². The molecule has 0 atom stereocenters. The van der Waals surface area contributed by atoms with Crippen LogP contribution in [0.5, 0.6) is 11.8 Å². The van der Waals surface area contributed by atoms with Crippen LogP contribution in [0.1, 0.15) is 0 Å². The Kier molecular flexibility index (Phi) is 6.86. The number of hydrogen-bond acceptors (Lipinski definition) is 5. The quantitative estimate of drug-likeness (QED) is 0.250. The molecular formula is C29H23NO4P2. The molecule has 0 saturated carbocycles. The van der Waals surface area contributed by atoms with Gasteiger partial charge in [-0.3, -0.25) is 9.13 Å². The van der Waals surface area contributed by atoms with Crippen LogP contribution in [0.4, 0.5) is 0 Å². The lowest BCUT2D eigenvalue weighted by Crippen LogP contribution is -2.21. The number of pyridine rings is 1. The van der Waals surface area contributed by atoms with E-state index < -0.39 is 14.7 Å². The maximum atomic E-state index is 14.3. The van der Waals surface area contributed by atoms with Crippen LogP contribution in [0.3, 0.4) is 0 Å². The fourth-order valence-corrected chi connectivity index (χ4v) is 7.77. The van der Waals surface area contributed by atoms with E-state index in [2.05, 4.69) is 4.98 Å². The molecule has 5 aromatic rings. The molecule has 0 saturated heterocycles. The average Bonchev–Trinajstić information content (AvgIpc) is 2.95. The molecule has 36 heavy (non-hydrogen) atoms. The second kappa shape index (κ2) is 10.4. The monoisotopic (exact) mass is 511 g/mol. The van der Waals surface area contributed by atoms with Gasteiger partial charge in [-0.2, -0.15) is 4.98 Å². The Morgan fingerprint density at radius 2 is 0.667 bits per heavy atom. The van der Waals surface area contributed by atoms with Crippen molar-refractivity contribution in [1.82, 2.24) is 4.98 Å². The van der Waals surface area contributed by atoms with Crippen LogP contribution in [0, 0.1) is 0 Å². The number of rotatable bonds is 8. The predicted octanol–water partition coefficient (Wildman–Crippen LogP) is 5.70. The van der Waals surface area contributed by atoms with Crippen molar-refractivity contribution in [2.45, 2.75) is 0 Å². The Hall–Kier alpha value is -3.91. The molecule has 0 aliphatic rings. The molecule has 178 valence electrons. The fraction of sp³-hybridized carbons (Fsp3) is 0. The first-order chi connectivity index (χ1) is 17.6. The third-order valence-electron chi connectivity index (χ3n) is 5.53. The van der Waals surface area contributed by atoms with Crippen molar-refractivity contribution < 1.29 is 18.2 Å². The SMILES string of the molecule is O=P(Oc1cccc(OP(=O)(c2ccccc2)c2ccccc2)n1)(c1ccccc1)c1ccccc1. The average molecular weight is 511 g/mol. The maximum absolute atomic E-state index is 14.3. The molecule has 0 aliphatic heterocycles. The Balaban J connectivity index is 1.53. The maximum Gasteiger partial charge on any atom is 0.308 e. The van der Waals surface area contributed by atoms with Gasteiger partial charge in [-0.15, -0.1) is 0 Å². The van der Waals surface area contributed by atoms with Crippen molar-refractivity contribution >= 4 is 36.0 Å². The highest BCUT2D eigenvalue weighted by atomic mass is 31.2. The molecule has 0 fully saturated rings. The van der Waals surface area contributed by atoms with Crippen molar-refractivity contribution in [3.05, 3.63) is 140 Å². The van der Waals surface area contributed by atoms with Gasteiger partial charge in [0.25, 0.3) is 0 Å². The van der Waals surface area contributed by atoms with E-state index in [1.54, 1.807) is 66.7 Å². The summed E-state index contributed by atoms with van der Waals surface area (Å²) in [7, 11) is -7.04. The van der Waals surface area contributed by atoms with E-state index in [9.17, 15) is 9.13 Å². The van der Waals surface area contributed by atoms with Gasteiger partial charge < -0.3 is 9.05 Å². The third kappa shape index (κ3) is 4.90. The molecule has 7 heteroatoms. The van der Waals surface area contributed by atoms with Crippen LogP contribution in [0.25, 0.3) is 0 Å². The molecule has 0 radical (unpaired) electrons. The van der Waals surface area contributed by atoms with Gasteiger partial charge in [0.2, 0.25) is 11.8 Å². The van der Waals surface area contributed by atoms with E-state index >= 15 is 0 Å². The Morgan fingerprint density at radius 1 is 0.389 bits per heavy atom. The lowest BCUT2D eigenvalue weighted by Gasteiger charge is -2.22. The lowest BCUT2D eigenvalue weighted by atomic mass is 10.4. The van der Waals surface area contributed by atoms with Gasteiger partial charge in [0.1, 0.15) is 0 Å². The zero-order chi connectivity index (χ0) is 24.8. The van der Waals surface area contributed by atoms with Gasteiger partial charge in [0.05, 0.1) is 21.2 Å². The number of nitrogens with zero attached hydrogens (tertiary/aromatic N) is 1. The minimum Gasteiger partial charge on any atom is -0.418 e. The summed E-state index contributed by atoms with van der Waals surface area (Å²) in [6.45, 7) is 0. The van der Waals surface area contributed by atoms with E-state index in [4.69, 9.17) is 9.05 Å². The third-order valence-corrected chi connectivity index (χ3v) is 10.3. The van der Waals surface area contributed by atoms with Crippen LogP contribution in [-0.4, -0.2) is 4.98 Å². The highest BCUT2D eigenvalue weighted by Crippen LogP contribution is 2.47. The molecule has 4 aromatic carbocycles. The molecule has 0 bridgehead atoms. The summed E-state index contributed by atoms with van der Waals surface area (Å²) < 4.78 is 40.8. The number of hydrogen-bond donors (Lipinski definition) is 0. The predicted molar refractivity (Wildman–Crippen MR) is 145 cm³/mol. The molecule has 1 heterocycles. The van der Waals surface area contributed by atoms with E-state index in [-0.39, 0.29) is 11.8 Å². The van der Waals surface area contributed by atoms with E-state index in [0.29, 0.717) is 21.2 Å². The smallest absolute Gasteiger partial charge is 0.308 e. The molecule has 0 amide bonds. The minimum atomic E-state index is -3.52. The second-order valence-electron chi connectivity index (χ2n) is 7.94. The summed E-state index contributed by atoms with van der Waals surface area (Å²) in [4.78, 5) is 4.46.